The van der Waals surface area contributed by atoms with Gasteiger partial charge in [-0.3, -0.25) is 4.79 Å². The van der Waals surface area contributed by atoms with Gasteiger partial charge in [-0.2, -0.15) is 0 Å². The van der Waals surface area contributed by atoms with Crippen molar-refractivity contribution in [2.75, 3.05) is 19.6 Å². The molecule has 0 amide bonds. The van der Waals surface area contributed by atoms with E-state index in [4.69, 9.17) is 0 Å². The fourth-order valence-electron chi connectivity index (χ4n) is 3.38. The molecule has 0 spiro atoms. The van der Waals surface area contributed by atoms with Gasteiger partial charge in [0.2, 0.25) is 0 Å². The second-order valence-corrected chi connectivity index (χ2v) is 6.51. The fraction of sp³-hybridized carbons (Fsp3) is 0.611. The molecule has 21 heavy (non-hydrogen) atoms. The standard InChI is InChI=1S/C18H27NO2/c1-3-7-15-10-12-19(13-11-15)14-18(2,17(20)21)16-8-5-4-6-9-16/h4-6,8-9,15H,3,7,10-14H2,1-2H3,(H,20,21). The third-order valence-electron chi connectivity index (χ3n) is 4.83. The average molecular weight is 289 g/mol. The summed E-state index contributed by atoms with van der Waals surface area (Å²) in [5.74, 6) is 0.100. The van der Waals surface area contributed by atoms with Crippen molar-refractivity contribution in [2.24, 2.45) is 5.92 Å². The number of rotatable bonds is 6. The van der Waals surface area contributed by atoms with Crippen LogP contribution in [0.5, 0.6) is 0 Å². The van der Waals surface area contributed by atoms with Crippen molar-refractivity contribution in [1.82, 2.24) is 4.90 Å². The number of carboxylic acid groups (broad SMARTS) is 1. The first-order valence-corrected chi connectivity index (χ1v) is 8.07. The lowest BCUT2D eigenvalue weighted by Crippen LogP contribution is -2.47. The minimum atomic E-state index is -0.821. The molecule has 1 fully saturated rings. The molecule has 1 aromatic rings. The summed E-state index contributed by atoms with van der Waals surface area (Å²) in [6.45, 7) is 6.75. The van der Waals surface area contributed by atoms with Crippen molar-refractivity contribution in [3.05, 3.63) is 35.9 Å². The normalized spacial score (nSPS) is 20.1. The number of hydrogen-bond donors (Lipinski definition) is 1. The fourth-order valence-corrected chi connectivity index (χ4v) is 3.38. The number of aliphatic carboxylic acids is 1. The lowest BCUT2D eigenvalue weighted by molar-refractivity contribution is -0.144. The summed E-state index contributed by atoms with van der Waals surface area (Å²) < 4.78 is 0. The van der Waals surface area contributed by atoms with Gasteiger partial charge < -0.3 is 10.0 Å². The van der Waals surface area contributed by atoms with Gasteiger partial charge >= 0.3 is 5.97 Å². The van der Waals surface area contributed by atoms with Crippen LogP contribution in [0.2, 0.25) is 0 Å². The Kier molecular flexibility index (Phi) is 5.40. The molecule has 0 aromatic heterocycles. The van der Waals surface area contributed by atoms with Gasteiger partial charge in [0.1, 0.15) is 5.41 Å². The molecule has 0 radical (unpaired) electrons. The maximum absolute atomic E-state index is 11.8. The third kappa shape index (κ3) is 3.85. The second kappa shape index (κ2) is 7.08. The number of likely N-dealkylation sites (tertiary alicyclic amines) is 1. The number of benzene rings is 1. The van der Waals surface area contributed by atoms with Crippen LogP contribution in [0.15, 0.2) is 30.3 Å². The summed E-state index contributed by atoms with van der Waals surface area (Å²) in [6, 6.07) is 9.63. The molecule has 1 unspecified atom stereocenters. The largest absolute Gasteiger partial charge is 0.481 e. The Labute approximate surface area is 128 Å². The van der Waals surface area contributed by atoms with Crippen LogP contribution >= 0.6 is 0 Å². The van der Waals surface area contributed by atoms with Crippen molar-refractivity contribution >= 4 is 5.97 Å². The van der Waals surface area contributed by atoms with Gasteiger partial charge in [0, 0.05) is 6.54 Å². The number of carboxylic acids is 1. The molecular weight excluding hydrogens is 262 g/mol. The van der Waals surface area contributed by atoms with E-state index in [0.717, 1.165) is 24.6 Å². The zero-order chi connectivity index (χ0) is 15.3. The topological polar surface area (TPSA) is 40.5 Å². The van der Waals surface area contributed by atoms with Crippen molar-refractivity contribution < 1.29 is 9.90 Å². The van der Waals surface area contributed by atoms with Crippen LogP contribution in [-0.4, -0.2) is 35.6 Å². The molecule has 0 bridgehead atoms. The Bertz CT molecular complexity index is 452. The van der Waals surface area contributed by atoms with Gasteiger partial charge in [0.25, 0.3) is 0 Å². The molecule has 1 aromatic carbocycles. The first-order chi connectivity index (χ1) is 10.1. The Morgan fingerprint density at radius 1 is 1.29 bits per heavy atom. The highest BCUT2D eigenvalue weighted by Gasteiger charge is 2.37. The summed E-state index contributed by atoms with van der Waals surface area (Å²) >= 11 is 0. The van der Waals surface area contributed by atoms with E-state index in [1.165, 1.54) is 25.7 Å². The van der Waals surface area contributed by atoms with Crippen LogP contribution in [0, 0.1) is 5.92 Å². The lowest BCUT2D eigenvalue weighted by atomic mass is 9.81. The Morgan fingerprint density at radius 2 is 1.90 bits per heavy atom. The number of nitrogens with zero attached hydrogens (tertiary/aromatic N) is 1. The molecule has 1 atom stereocenters. The lowest BCUT2D eigenvalue weighted by Gasteiger charge is -2.37. The third-order valence-corrected chi connectivity index (χ3v) is 4.83. The van der Waals surface area contributed by atoms with Crippen LogP contribution in [0.4, 0.5) is 0 Å². The number of hydrogen-bond acceptors (Lipinski definition) is 2. The quantitative estimate of drug-likeness (QED) is 0.870. The predicted molar refractivity (Wildman–Crippen MR) is 85.5 cm³/mol. The monoisotopic (exact) mass is 289 g/mol. The molecule has 1 N–H and O–H groups in total. The van der Waals surface area contributed by atoms with E-state index in [0.29, 0.717) is 6.54 Å². The van der Waals surface area contributed by atoms with Gasteiger partial charge in [-0.25, -0.2) is 0 Å². The van der Waals surface area contributed by atoms with Crippen LogP contribution in [0.25, 0.3) is 0 Å². The first-order valence-electron chi connectivity index (χ1n) is 8.07. The summed E-state index contributed by atoms with van der Waals surface area (Å²) in [6.07, 6.45) is 4.97. The number of carbonyl (C=O) groups is 1. The van der Waals surface area contributed by atoms with Crippen molar-refractivity contribution in [2.45, 2.75) is 44.9 Å². The summed E-state index contributed by atoms with van der Waals surface area (Å²) in [5, 5.41) is 9.73. The van der Waals surface area contributed by atoms with E-state index in [1.807, 2.05) is 37.3 Å². The van der Waals surface area contributed by atoms with Gasteiger partial charge in [-0.15, -0.1) is 0 Å². The van der Waals surface area contributed by atoms with Crippen LogP contribution < -0.4 is 0 Å². The Morgan fingerprint density at radius 3 is 2.43 bits per heavy atom. The molecular formula is C18H27NO2. The smallest absolute Gasteiger partial charge is 0.315 e. The highest BCUT2D eigenvalue weighted by molar-refractivity contribution is 5.81. The van der Waals surface area contributed by atoms with Gasteiger partial charge in [-0.1, -0.05) is 50.1 Å². The first kappa shape index (κ1) is 16.0. The maximum atomic E-state index is 11.8. The molecule has 116 valence electrons. The zero-order valence-electron chi connectivity index (χ0n) is 13.2. The summed E-state index contributed by atoms with van der Waals surface area (Å²) in [4.78, 5) is 14.2. The van der Waals surface area contributed by atoms with Gasteiger partial charge in [0.15, 0.2) is 0 Å². The van der Waals surface area contributed by atoms with E-state index in [-0.39, 0.29) is 0 Å². The van der Waals surface area contributed by atoms with E-state index in [1.54, 1.807) is 0 Å². The highest BCUT2D eigenvalue weighted by atomic mass is 16.4. The predicted octanol–water partition coefficient (Wildman–Crippen LogP) is 3.54. The molecule has 1 saturated heterocycles. The molecule has 2 rings (SSSR count). The summed E-state index contributed by atoms with van der Waals surface area (Å²) in [5.41, 5.74) is 0.0759. The average Bonchev–Trinajstić information content (AvgIpc) is 2.50. The van der Waals surface area contributed by atoms with E-state index < -0.39 is 11.4 Å². The van der Waals surface area contributed by atoms with Gasteiger partial charge in [-0.05, 0) is 44.3 Å². The second-order valence-electron chi connectivity index (χ2n) is 6.51. The van der Waals surface area contributed by atoms with E-state index in [2.05, 4.69) is 11.8 Å². The molecule has 3 nitrogen and oxygen atoms in total. The maximum Gasteiger partial charge on any atom is 0.315 e. The van der Waals surface area contributed by atoms with Crippen molar-refractivity contribution in [3.63, 3.8) is 0 Å². The van der Waals surface area contributed by atoms with E-state index >= 15 is 0 Å². The van der Waals surface area contributed by atoms with Crippen LogP contribution in [0.3, 0.4) is 0 Å². The van der Waals surface area contributed by atoms with Crippen LogP contribution in [0.1, 0.15) is 45.1 Å². The molecule has 1 aliphatic heterocycles. The zero-order valence-corrected chi connectivity index (χ0v) is 13.2. The van der Waals surface area contributed by atoms with Crippen LogP contribution in [-0.2, 0) is 10.2 Å². The Balaban J connectivity index is 2.03. The van der Waals surface area contributed by atoms with E-state index in [9.17, 15) is 9.90 Å². The SMILES string of the molecule is CCCC1CCN(CC(C)(C(=O)O)c2ccccc2)CC1. The molecule has 3 heteroatoms. The minimum absolute atomic E-state index is 0.602. The van der Waals surface area contributed by atoms with Gasteiger partial charge in [0.05, 0.1) is 0 Å². The summed E-state index contributed by atoms with van der Waals surface area (Å²) in [7, 11) is 0. The molecule has 0 aliphatic carbocycles. The molecule has 1 heterocycles. The minimum Gasteiger partial charge on any atom is -0.481 e. The highest BCUT2D eigenvalue weighted by Crippen LogP contribution is 2.28. The van der Waals surface area contributed by atoms with Crippen molar-refractivity contribution in [3.8, 4) is 0 Å². The Hall–Kier alpha value is -1.35. The molecule has 0 saturated carbocycles. The van der Waals surface area contributed by atoms with Crippen molar-refractivity contribution in [1.29, 1.82) is 0 Å². The number of piperidine rings is 1. The molecule has 1 aliphatic rings.